The van der Waals surface area contributed by atoms with E-state index in [-0.39, 0.29) is 15.4 Å². The summed E-state index contributed by atoms with van der Waals surface area (Å²) in [7, 11) is -3.94. The maximum Gasteiger partial charge on any atom is 0.322 e. The molecule has 162 valence electrons. The Morgan fingerprint density at radius 1 is 1.23 bits per heavy atom. The second kappa shape index (κ2) is 8.40. The highest BCUT2D eigenvalue weighted by molar-refractivity contribution is 9.10. The predicted molar refractivity (Wildman–Crippen MR) is 117 cm³/mol. The Bertz CT molecular complexity index is 1350. The third-order valence-electron chi connectivity index (χ3n) is 4.70. The van der Waals surface area contributed by atoms with Gasteiger partial charge in [-0.05, 0) is 71.6 Å². The van der Waals surface area contributed by atoms with E-state index in [9.17, 15) is 12.8 Å². The van der Waals surface area contributed by atoms with Gasteiger partial charge in [-0.1, -0.05) is 5.10 Å². The van der Waals surface area contributed by atoms with Gasteiger partial charge in [-0.2, -0.15) is 0 Å². The largest absolute Gasteiger partial charge is 0.424 e. The van der Waals surface area contributed by atoms with E-state index in [4.69, 9.17) is 4.74 Å². The van der Waals surface area contributed by atoms with Gasteiger partial charge in [0.15, 0.2) is 5.82 Å². The van der Waals surface area contributed by atoms with E-state index in [1.54, 1.807) is 11.5 Å². The van der Waals surface area contributed by atoms with Crippen LogP contribution >= 0.6 is 15.9 Å². The van der Waals surface area contributed by atoms with Crippen LogP contribution in [0.2, 0.25) is 0 Å². The molecule has 0 fully saturated rings. The van der Waals surface area contributed by atoms with E-state index >= 15 is 0 Å². The van der Waals surface area contributed by atoms with Crippen molar-refractivity contribution in [3.05, 3.63) is 64.8 Å². The fraction of sp³-hybridized carbons (Fsp3) is 0.200. The first-order valence-corrected chi connectivity index (χ1v) is 11.7. The van der Waals surface area contributed by atoms with Crippen LogP contribution in [0.1, 0.15) is 25.7 Å². The van der Waals surface area contributed by atoms with Crippen molar-refractivity contribution < 1.29 is 17.5 Å². The molecule has 0 bridgehead atoms. The maximum atomic E-state index is 13.3. The van der Waals surface area contributed by atoms with Gasteiger partial charge in [0.25, 0.3) is 0 Å². The number of aromatic nitrogens is 4. The zero-order chi connectivity index (χ0) is 22.2. The molecular weight excluding hydrogens is 489 g/mol. The molecule has 8 nitrogen and oxygen atoms in total. The molecule has 2 aromatic heterocycles. The smallest absolute Gasteiger partial charge is 0.322 e. The number of benzene rings is 2. The molecule has 0 radical (unpaired) electrons. The molecule has 0 unspecified atom stereocenters. The number of sulfonamides is 1. The van der Waals surface area contributed by atoms with Crippen LogP contribution in [0, 0.1) is 5.82 Å². The normalized spacial score (nSPS) is 12.9. The molecule has 0 aliphatic carbocycles. The minimum atomic E-state index is -3.94. The number of aromatic amines is 1. The summed E-state index contributed by atoms with van der Waals surface area (Å²) in [5, 5.41) is 9.28. The van der Waals surface area contributed by atoms with Gasteiger partial charge < -0.3 is 9.72 Å². The molecule has 2 heterocycles. The van der Waals surface area contributed by atoms with E-state index in [0.29, 0.717) is 18.1 Å². The summed E-state index contributed by atoms with van der Waals surface area (Å²) < 4.78 is 49.2. The Hall–Kier alpha value is -2.76. The fourth-order valence-electron chi connectivity index (χ4n) is 3.23. The lowest BCUT2D eigenvalue weighted by atomic mass is 10.2. The molecule has 2 aromatic carbocycles. The summed E-state index contributed by atoms with van der Waals surface area (Å²) in [5.74, 6) is 0.427. The minimum absolute atomic E-state index is 0.0703. The van der Waals surface area contributed by atoms with Crippen molar-refractivity contribution in [2.75, 3.05) is 0 Å². The van der Waals surface area contributed by atoms with Crippen molar-refractivity contribution in [2.24, 2.45) is 0 Å². The highest BCUT2D eigenvalue weighted by Crippen LogP contribution is 2.28. The first kappa shape index (κ1) is 21.5. The molecule has 11 heteroatoms. The minimum Gasteiger partial charge on any atom is -0.424 e. The number of rotatable bonds is 7. The van der Waals surface area contributed by atoms with Gasteiger partial charge in [0.2, 0.25) is 10.0 Å². The number of fused-ring (bicyclic) bond motifs is 1. The zero-order valence-electron chi connectivity index (χ0n) is 16.6. The third kappa shape index (κ3) is 4.34. The molecule has 4 rings (SSSR count). The van der Waals surface area contributed by atoms with Crippen LogP contribution in [0.4, 0.5) is 4.39 Å². The summed E-state index contributed by atoms with van der Waals surface area (Å²) >= 11 is 3.10. The van der Waals surface area contributed by atoms with E-state index in [1.165, 1.54) is 6.07 Å². The Balaban J connectivity index is 1.58. The van der Waals surface area contributed by atoms with Crippen LogP contribution in [0.5, 0.6) is 11.8 Å². The van der Waals surface area contributed by atoms with Gasteiger partial charge >= 0.3 is 6.01 Å². The Kier molecular flexibility index (Phi) is 5.82. The molecule has 1 atom stereocenters. The van der Waals surface area contributed by atoms with Gasteiger partial charge in [0, 0.05) is 28.8 Å². The number of H-pyrrole nitrogens is 1. The summed E-state index contributed by atoms with van der Waals surface area (Å²) in [5.41, 5.74) is 0.922. The van der Waals surface area contributed by atoms with Gasteiger partial charge in [-0.15, -0.1) is 5.10 Å². The lowest BCUT2D eigenvalue weighted by molar-refractivity contribution is 0.408. The van der Waals surface area contributed by atoms with Crippen molar-refractivity contribution in [3.63, 3.8) is 0 Å². The number of halogens is 2. The van der Waals surface area contributed by atoms with E-state index in [2.05, 4.69) is 35.8 Å². The van der Waals surface area contributed by atoms with Gasteiger partial charge in [0.05, 0.1) is 10.9 Å². The lowest BCUT2D eigenvalue weighted by Crippen LogP contribution is -2.29. The van der Waals surface area contributed by atoms with Crippen molar-refractivity contribution in [1.29, 1.82) is 0 Å². The fourth-order valence-corrected chi connectivity index (χ4v) is 5.48. The molecule has 0 spiro atoms. The molecule has 4 aromatic rings. The number of hydrogen-bond acceptors (Lipinski definition) is 5. The quantitative estimate of drug-likeness (QED) is 0.383. The molecule has 0 aliphatic rings. The van der Waals surface area contributed by atoms with Crippen LogP contribution in [0.15, 0.2) is 58.0 Å². The summed E-state index contributed by atoms with van der Waals surface area (Å²) in [4.78, 5) is 3.05. The molecule has 0 aliphatic heterocycles. The first-order valence-electron chi connectivity index (χ1n) is 9.44. The number of nitrogens with one attached hydrogen (secondary N) is 2. The Morgan fingerprint density at radius 3 is 2.77 bits per heavy atom. The van der Waals surface area contributed by atoms with Crippen molar-refractivity contribution in [2.45, 2.75) is 31.3 Å². The molecule has 0 saturated carbocycles. The van der Waals surface area contributed by atoms with Crippen LogP contribution in [-0.2, 0) is 16.6 Å². The number of nitrogens with zero attached hydrogens (tertiary/aromatic N) is 3. The van der Waals surface area contributed by atoms with E-state index in [0.717, 1.165) is 23.0 Å². The van der Waals surface area contributed by atoms with Gasteiger partial charge in [-0.3, -0.25) is 4.57 Å². The molecule has 0 amide bonds. The average Bonchev–Trinajstić information content (AvgIpc) is 3.33. The third-order valence-corrected chi connectivity index (χ3v) is 7.22. The van der Waals surface area contributed by atoms with Crippen LogP contribution in [0.25, 0.3) is 10.9 Å². The van der Waals surface area contributed by atoms with Crippen LogP contribution < -0.4 is 9.46 Å². The predicted octanol–water partition coefficient (Wildman–Crippen LogP) is 4.51. The number of ether oxygens (including phenoxy) is 1. The lowest BCUT2D eigenvalue weighted by Gasteiger charge is -2.16. The molecule has 31 heavy (non-hydrogen) atoms. The second-order valence-electron chi connectivity index (χ2n) is 6.83. The van der Waals surface area contributed by atoms with Crippen molar-refractivity contribution in [3.8, 4) is 11.8 Å². The van der Waals surface area contributed by atoms with Crippen LogP contribution in [0.3, 0.4) is 0 Å². The van der Waals surface area contributed by atoms with E-state index in [1.807, 2.05) is 37.4 Å². The Labute approximate surface area is 186 Å². The van der Waals surface area contributed by atoms with Crippen molar-refractivity contribution in [1.82, 2.24) is 24.5 Å². The molecule has 2 N–H and O–H groups in total. The Morgan fingerprint density at radius 2 is 2.03 bits per heavy atom. The van der Waals surface area contributed by atoms with E-state index < -0.39 is 21.9 Å². The SMILES string of the molecule is CCn1c(Oc2ccc3cc[nH]c3c2)nnc1[C@@H](C)NS(=O)(=O)c1ccc(F)cc1Br. The standard InChI is InChI=1S/C20H19BrFN5O3S/c1-3-27-19(12(2)26-31(28,29)18-7-5-14(22)10-16(18)21)24-25-20(27)30-15-6-4-13-8-9-23-17(13)11-15/h4-12,23,26H,3H2,1-2H3/t12-/m1/s1. The van der Waals surface area contributed by atoms with Crippen LogP contribution in [-0.4, -0.2) is 28.2 Å². The second-order valence-corrected chi connectivity index (χ2v) is 9.37. The summed E-state index contributed by atoms with van der Waals surface area (Å²) in [6, 6.07) is 10.5. The molecular formula is C20H19BrFN5O3S. The number of hydrogen-bond donors (Lipinski definition) is 2. The van der Waals surface area contributed by atoms with Crippen molar-refractivity contribution >= 4 is 36.9 Å². The topological polar surface area (TPSA) is 102 Å². The highest BCUT2D eigenvalue weighted by atomic mass is 79.9. The zero-order valence-corrected chi connectivity index (χ0v) is 19.0. The maximum absolute atomic E-state index is 13.3. The highest BCUT2D eigenvalue weighted by Gasteiger charge is 2.25. The first-order chi connectivity index (χ1) is 14.8. The average molecular weight is 508 g/mol. The van der Waals surface area contributed by atoms with Gasteiger partial charge in [0.1, 0.15) is 11.6 Å². The molecule has 0 saturated heterocycles. The van der Waals surface area contributed by atoms with Gasteiger partial charge in [-0.25, -0.2) is 17.5 Å². The summed E-state index contributed by atoms with van der Waals surface area (Å²) in [6.07, 6.45) is 1.84. The monoisotopic (exact) mass is 507 g/mol. The summed E-state index contributed by atoms with van der Waals surface area (Å²) in [6.45, 7) is 4.00.